The molecule has 6 heteroatoms. The van der Waals surface area contributed by atoms with Crippen LogP contribution in [0.5, 0.6) is 5.75 Å². The molecule has 0 saturated heterocycles. The number of hydrogen-bond acceptors (Lipinski definition) is 3. The summed E-state index contributed by atoms with van der Waals surface area (Å²) in [6, 6.07) is 2.24. The first-order chi connectivity index (χ1) is 9.24. The molecule has 2 rings (SSSR count). The van der Waals surface area contributed by atoms with Crippen molar-refractivity contribution in [2.45, 2.75) is 26.4 Å². The Balaban J connectivity index is 2.64. The molecule has 0 saturated carbocycles. The van der Waals surface area contributed by atoms with Gasteiger partial charge in [-0.25, -0.2) is 18.1 Å². The Morgan fingerprint density at radius 2 is 1.95 bits per heavy atom. The molecule has 4 nitrogen and oxygen atoms in total. The maximum absolute atomic E-state index is 14.3. The van der Waals surface area contributed by atoms with Gasteiger partial charge < -0.3 is 9.47 Å². The van der Waals surface area contributed by atoms with Crippen LogP contribution in [0.25, 0.3) is 10.9 Å². The van der Waals surface area contributed by atoms with Gasteiger partial charge in [-0.3, -0.25) is 0 Å². The highest BCUT2D eigenvalue weighted by Crippen LogP contribution is 2.32. The summed E-state index contributed by atoms with van der Waals surface area (Å²) in [6.45, 7) is 5.19. The number of methoxy groups -OCH3 is 1. The van der Waals surface area contributed by atoms with E-state index in [4.69, 9.17) is 4.74 Å². The van der Waals surface area contributed by atoms with Crippen molar-refractivity contribution in [2.75, 3.05) is 7.11 Å². The van der Waals surface area contributed by atoms with Crippen LogP contribution in [0.15, 0.2) is 18.3 Å². The minimum atomic E-state index is -0.789. The van der Waals surface area contributed by atoms with Gasteiger partial charge in [0.2, 0.25) is 0 Å². The smallest absolute Gasteiger partial charge is 0.418 e. The standard InChI is InChI=1S/C14H15F2NO3/c1-14(2,3)20-10-7-9(15)12-8(11(10)16)5-6-17(12)13(18)19-4/h5-7H,1-4H3. The monoisotopic (exact) mass is 283 g/mol. The summed E-state index contributed by atoms with van der Waals surface area (Å²) < 4.78 is 39.2. The summed E-state index contributed by atoms with van der Waals surface area (Å²) in [7, 11) is 1.17. The molecule has 108 valence electrons. The molecule has 0 N–H and O–H groups in total. The van der Waals surface area contributed by atoms with Crippen molar-refractivity contribution in [3.05, 3.63) is 30.0 Å². The number of nitrogens with zero attached hydrogens (tertiary/aromatic N) is 1. The summed E-state index contributed by atoms with van der Waals surface area (Å²) in [5.74, 6) is -1.65. The van der Waals surface area contributed by atoms with Gasteiger partial charge in [-0.05, 0) is 26.8 Å². The van der Waals surface area contributed by atoms with E-state index in [1.54, 1.807) is 20.8 Å². The number of benzene rings is 1. The Morgan fingerprint density at radius 1 is 1.30 bits per heavy atom. The van der Waals surface area contributed by atoms with Gasteiger partial charge in [0.1, 0.15) is 5.60 Å². The Kier molecular flexibility index (Phi) is 3.41. The van der Waals surface area contributed by atoms with Crippen LogP contribution in [0.1, 0.15) is 20.8 Å². The fourth-order valence-corrected chi connectivity index (χ4v) is 1.89. The summed E-state index contributed by atoms with van der Waals surface area (Å²) in [6.07, 6.45) is 0.464. The fraction of sp³-hybridized carbons (Fsp3) is 0.357. The average molecular weight is 283 g/mol. The van der Waals surface area contributed by atoms with E-state index >= 15 is 0 Å². The Bertz CT molecular complexity index is 671. The lowest BCUT2D eigenvalue weighted by molar-refractivity contribution is 0.124. The van der Waals surface area contributed by atoms with Gasteiger partial charge in [0.25, 0.3) is 0 Å². The fourth-order valence-electron chi connectivity index (χ4n) is 1.89. The van der Waals surface area contributed by atoms with Gasteiger partial charge in [0.15, 0.2) is 17.4 Å². The third-order valence-corrected chi connectivity index (χ3v) is 2.61. The summed E-state index contributed by atoms with van der Waals surface area (Å²) >= 11 is 0. The number of carbonyl (C=O) groups is 1. The van der Waals surface area contributed by atoms with Gasteiger partial charge in [0.05, 0.1) is 12.6 Å². The maximum atomic E-state index is 14.3. The molecule has 0 aliphatic heterocycles. The van der Waals surface area contributed by atoms with Crippen molar-refractivity contribution in [2.24, 2.45) is 0 Å². The number of fused-ring (bicyclic) bond motifs is 1. The predicted octanol–water partition coefficient (Wildman–Crippen LogP) is 3.71. The van der Waals surface area contributed by atoms with E-state index in [-0.39, 0.29) is 16.7 Å². The van der Waals surface area contributed by atoms with Crippen LogP contribution in [0.2, 0.25) is 0 Å². The second-order valence-corrected chi connectivity index (χ2v) is 5.30. The third-order valence-electron chi connectivity index (χ3n) is 2.61. The van der Waals surface area contributed by atoms with Crippen LogP contribution in [0.3, 0.4) is 0 Å². The molecular weight excluding hydrogens is 268 g/mol. The number of halogens is 2. The first kappa shape index (κ1) is 14.3. The molecule has 1 aromatic heterocycles. The number of hydrogen-bond donors (Lipinski definition) is 0. The van der Waals surface area contributed by atoms with Crippen molar-refractivity contribution in [1.82, 2.24) is 4.57 Å². The molecule has 1 aromatic carbocycles. The highest BCUT2D eigenvalue weighted by molar-refractivity contribution is 5.91. The summed E-state index contributed by atoms with van der Waals surface area (Å²) in [4.78, 5) is 11.5. The molecule has 2 aromatic rings. The van der Waals surface area contributed by atoms with Gasteiger partial charge in [-0.15, -0.1) is 0 Å². The predicted molar refractivity (Wildman–Crippen MR) is 70.0 cm³/mol. The number of carbonyl (C=O) groups excluding carboxylic acids is 1. The molecule has 0 aliphatic rings. The molecule has 0 fully saturated rings. The van der Waals surface area contributed by atoms with Crippen molar-refractivity contribution in [3.8, 4) is 5.75 Å². The van der Waals surface area contributed by atoms with E-state index in [9.17, 15) is 13.6 Å². The van der Waals surface area contributed by atoms with Crippen LogP contribution in [0, 0.1) is 11.6 Å². The van der Waals surface area contributed by atoms with Crippen molar-refractivity contribution < 1.29 is 23.0 Å². The highest BCUT2D eigenvalue weighted by Gasteiger charge is 2.22. The van der Waals surface area contributed by atoms with E-state index in [2.05, 4.69) is 4.74 Å². The summed E-state index contributed by atoms with van der Waals surface area (Å²) in [5, 5.41) is -0.0327. The topological polar surface area (TPSA) is 40.5 Å². The molecular formula is C14H15F2NO3. The number of ether oxygens (including phenoxy) is 2. The Morgan fingerprint density at radius 3 is 2.50 bits per heavy atom. The Hall–Kier alpha value is -2.11. The minimum Gasteiger partial charge on any atom is -0.485 e. The average Bonchev–Trinajstić information content (AvgIpc) is 2.78. The lowest BCUT2D eigenvalue weighted by Gasteiger charge is -2.22. The lowest BCUT2D eigenvalue weighted by atomic mass is 10.1. The van der Waals surface area contributed by atoms with Gasteiger partial charge in [-0.2, -0.15) is 0 Å². The zero-order valence-corrected chi connectivity index (χ0v) is 11.7. The molecule has 0 unspecified atom stereocenters. The van der Waals surface area contributed by atoms with E-state index in [0.29, 0.717) is 0 Å². The van der Waals surface area contributed by atoms with Crippen molar-refractivity contribution in [1.29, 1.82) is 0 Å². The zero-order chi connectivity index (χ0) is 15.1. The van der Waals surface area contributed by atoms with Gasteiger partial charge in [0, 0.05) is 17.6 Å². The van der Waals surface area contributed by atoms with Crippen LogP contribution in [0.4, 0.5) is 13.6 Å². The molecule has 0 aliphatic carbocycles. The zero-order valence-electron chi connectivity index (χ0n) is 11.7. The van der Waals surface area contributed by atoms with Crippen molar-refractivity contribution in [3.63, 3.8) is 0 Å². The molecule has 0 bridgehead atoms. The minimum absolute atomic E-state index is 0.0327. The van der Waals surface area contributed by atoms with E-state index < -0.39 is 23.3 Å². The summed E-state index contributed by atoms with van der Waals surface area (Å²) in [5.41, 5.74) is -0.832. The lowest BCUT2D eigenvalue weighted by Crippen LogP contribution is -2.23. The van der Waals surface area contributed by atoms with Crippen LogP contribution < -0.4 is 4.74 Å². The molecule has 0 spiro atoms. The first-order valence-corrected chi connectivity index (χ1v) is 6.01. The quantitative estimate of drug-likeness (QED) is 0.801. The molecule has 1 heterocycles. The number of rotatable bonds is 1. The third kappa shape index (κ3) is 2.45. The van der Waals surface area contributed by atoms with E-state index in [1.807, 2.05) is 0 Å². The molecule has 0 radical (unpaired) electrons. The van der Waals surface area contributed by atoms with E-state index in [1.165, 1.54) is 19.4 Å². The Labute approximate surface area is 114 Å². The number of aromatic nitrogens is 1. The maximum Gasteiger partial charge on any atom is 0.418 e. The van der Waals surface area contributed by atoms with E-state index in [0.717, 1.165) is 10.6 Å². The molecule has 20 heavy (non-hydrogen) atoms. The highest BCUT2D eigenvalue weighted by atomic mass is 19.1. The largest absolute Gasteiger partial charge is 0.485 e. The van der Waals surface area contributed by atoms with Crippen LogP contribution in [-0.2, 0) is 4.74 Å². The van der Waals surface area contributed by atoms with Crippen LogP contribution >= 0.6 is 0 Å². The SMILES string of the molecule is COC(=O)n1ccc2c(F)c(OC(C)(C)C)cc(F)c21. The van der Waals surface area contributed by atoms with Gasteiger partial charge >= 0.3 is 6.09 Å². The second kappa shape index (κ2) is 4.77. The molecule has 0 amide bonds. The molecule has 0 atom stereocenters. The normalized spacial score (nSPS) is 11.7. The van der Waals surface area contributed by atoms with Crippen LogP contribution in [-0.4, -0.2) is 23.4 Å². The second-order valence-electron chi connectivity index (χ2n) is 5.30. The van der Waals surface area contributed by atoms with Crippen molar-refractivity contribution >= 4 is 17.0 Å². The van der Waals surface area contributed by atoms with Gasteiger partial charge in [-0.1, -0.05) is 0 Å². The first-order valence-electron chi connectivity index (χ1n) is 6.01.